The molecule has 0 radical (unpaired) electrons. The molecule has 0 bridgehead atoms. The minimum atomic E-state index is 1.22. The molecule has 59 heavy (non-hydrogen) atoms. The number of hydrogen-bond acceptors (Lipinski definition) is 0. The van der Waals surface area contributed by atoms with E-state index in [1.54, 1.807) is 11.1 Å². The maximum Gasteiger partial charge on any atom is 0.171 e. The van der Waals surface area contributed by atoms with Gasteiger partial charge in [0.15, 0.2) is 12.4 Å². The number of nitrogens with zero attached hydrogens (tertiary/aromatic N) is 1. The average Bonchev–Trinajstić information content (AvgIpc) is 3.24. The van der Waals surface area contributed by atoms with E-state index in [1.165, 1.54) is 321 Å². The monoisotopic (exact) mass is 823 g/mol. The number of pyridine rings is 1. The largest absolute Gasteiger partial charge is 0.205 e. The summed E-state index contributed by atoms with van der Waals surface area (Å²) in [5.74, 6) is 0. The summed E-state index contributed by atoms with van der Waals surface area (Å²) < 4.78 is 2.60. The number of unbranched alkanes of at least 4 members (excludes halogenated alkanes) is 44. The predicted octanol–water partition coefficient (Wildman–Crippen LogP) is 20.5. The van der Waals surface area contributed by atoms with Gasteiger partial charge in [-0.15, -0.1) is 0 Å². The zero-order valence-electron chi connectivity index (χ0n) is 41.5. The lowest BCUT2D eigenvalue weighted by Crippen LogP contribution is -2.34. The highest BCUT2D eigenvalue weighted by Crippen LogP contribution is 2.18. The van der Waals surface area contributed by atoms with E-state index in [9.17, 15) is 0 Å². The summed E-state index contributed by atoms with van der Waals surface area (Å²) in [6.45, 7) is 8.17. The van der Waals surface area contributed by atoms with E-state index in [0.717, 1.165) is 0 Å². The second-order valence-electron chi connectivity index (χ2n) is 19.8. The van der Waals surface area contributed by atoms with Gasteiger partial charge >= 0.3 is 0 Å². The number of rotatable bonds is 50. The summed E-state index contributed by atoms with van der Waals surface area (Å²) >= 11 is 0. The summed E-state index contributed by atoms with van der Waals surface area (Å²) in [5.41, 5.74) is 3.23. The number of aryl methyl sites for hydroxylation is 3. The van der Waals surface area contributed by atoms with E-state index in [4.69, 9.17) is 0 Å². The van der Waals surface area contributed by atoms with E-state index in [0.29, 0.717) is 0 Å². The Morgan fingerprint density at radius 3 is 0.644 bits per heavy atom. The standard InChI is InChI=1S/C58H112N/c1-4-7-10-13-16-19-22-25-28-29-32-35-38-41-44-47-50-53-59-55-57(51-48-45-42-39-36-33-30-26-23-20-17-14-11-8-5-2)54-58(56-59)52-49-46-43-40-37-34-31-27-24-21-18-15-12-9-6-3/h54-56H,4-53H2,1-3H3/q+1. The van der Waals surface area contributed by atoms with Gasteiger partial charge in [-0.05, 0) is 38.2 Å². The fourth-order valence-corrected chi connectivity index (χ4v) is 9.60. The molecule has 0 fully saturated rings. The Labute approximate surface area is 374 Å². The van der Waals surface area contributed by atoms with E-state index in [2.05, 4.69) is 43.8 Å². The third-order valence-electron chi connectivity index (χ3n) is 13.7. The summed E-state index contributed by atoms with van der Waals surface area (Å²) in [6.07, 6.45) is 75.7. The van der Waals surface area contributed by atoms with Gasteiger partial charge in [0.1, 0.15) is 6.54 Å². The molecule has 0 saturated carbocycles. The molecular weight excluding hydrogens is 711 g/mol. The maximum atomic E-state index is 2.60. The molecule has 0 N–H and O–H groups in total. The molecule has 0 aliphatic heterocycles. The fraction of sp³-hybridized carbons (Fsp3) is 0.914. The van der Waals surface area contributed by atoms with Crippen LogP contribution >= 0.6 is 0 Å². The van der Waals surface area contributed by atoms with Crippen molar-refractivity contribution in [3.05, 3.63) is 29.6 Å². The topological polar surface area (TPSA) is 3.88 Å². The Kier molecular flexibility index (Phi) is 45.9. The summed E-state index contributed by atoms with van der Waals surface area (Å²) in [7, 11) is 0. The molecule has 0 aliphatic carbocycles. The van der Waals surface area contributed by atoms with E-state index >= 15 is 0 Å². The lowest BCUT2D eigenvalue weighted by Gasteiger charge is -2.08. The molecule has 348 valence electrons. The van der Waals surface area contributed by atoms with Crippen molar-refractivity contribution in [2.75, 3.05) is 0 Å². The van der Waals surface area contributed by atoms with Crippen LogP contribution in [0.5, 0.6) is 0 Å². The van der Waals surface area contributed by atoms with Gasteiger partial charge in [0.25, 0.3) is 0 Å². The van der Waals surface area contributed by atoms with E-state index in [1.807, 2.05) is 0 Å². The van der Waals surface area contributed by atoms with Gasteiger partial charge in [-0.25, -0.2) is 4.57 Å². The minimum Gasteiger partial charge on any atom is -0.205 e. The van der Waals surface area contributed by atoms with Crippen LogP contribution in [0.25, 0.3) is 0 Å². The smallest absolute Gasteiger partial charge is 0.171 e. The molecule has 0 spiro atoms. The lowest BCUT2D eigenvalue weighted by molar-refractivity contribution is -0.698. The highest BCUT2D eigenvalue weighted by Gasteiger charge is 2.09. The first kappa shape index (κ1) is 56.2. The zero-order valence-corrected chi connectivity index (χ0v) is 41.5. The molecule has 0 amide bonds. The first-order valence-corrected chi connectivity index (χ1v) is 28.3. The Balaban J connectivity index is 2.26. The molecule has 1 heterocycles. The van der Waals surface area contributed by atoms with Crippen molar-refractivity contribution in [3.8, 4) is 0 Å². The highest BCUT2D eigenvalue weighted by molar-refractivity contribution is 5.15. The van der Waals surface area contributed by atoms with E-state index in [-0.39, 0.29) is 0 Å². The van der Waals surface area contributed by atoms with Crippen molar-refractivity contribution in [2.24, 2.45) is 0 Å². The number of aromatic nitrogens is 1. The van der Waals surface area contributed by atoms with Gasteiger partial charge in [0, 0.05) is 17.5 Å². The van der Waals surface area contributed by atoms with Crippen molar-refractivity contribution in [1.29, 1.82) is 0 Å². The third-order valence-corrected chi connectivity index (χ3v) is 13.7. The molecule has 1 heteroatoms. The molecule has 0 unspecified atom stereocenters. The van der Waals surface area contributed by atoms with Crippen molar-refractivity contribution in [1.82, 2.24) is 0 Å². The number of hydrogen-bond donors (Lipinski definition) is 0. The van der Waals surface area contributed by atoms with Crippen molar-refractivity contribution in [3.63, 3.8) is 0 Å². The second kappa shape index (κ2) is 48.2. The van der Waals surface area contributed by atoms with Gasteiger partial charge in [-0.1, -0.05) is 297 Å². The molecule has 1 aromatic heterocycles. The molecule has 0 aliphatic rings. The minimum absolute atomic E-state index is 1.22. The molecule has 1 nitrogen and oxygen atoms in total. The molecule has 1 rings (SSSR count). The predicted molar refractivity (Wildman–Crippen MR) is 268 cm³/mol. The van der Waals surface area contributed by atoms with Crippen LogP contribution in [0.15, 0.2) is 18.5 Å². The Bertz CT molecular complexity index is 868. The van der Waals surface area contributed by atoms with Crippen LogP contribution in [-0.2, 0) is 19.4 Å². The third kappa shape index (κ3) is 42.2. The Hall–Kier alpha value is -0.850. The van der Waals surface area contributed by atoms with Crippen LogP contribution < -0.4 is 4.57 Å². The van der Waals surface area contributed by atoms with Crippen molar-refractivity contribution in [2.45, 2.75) is 342 Å². The van der Waals surface area contributed by atoms with Crippen LogP contribution in [0.1, 0.15) is 334 Å². The summed E-state index contributed by atoms with van der Waals surface area (Å²) in [5, 5.41) is 0. The quantitative estimate of drug-likeness (QED) is 0.0455. The van der Waals surface area contributed by atoms with Crippen LogP contribution in [0.3, 0.4) is 0 Å². The average molecular weight is 824 g/mol. The van der Waals surface area contributed by atoms with Gasteiger partial charge in [0.05, 0.1) is 0 Å². The summed E-state index contributed by atoms with van der Waals surface area (Å²) in [6, 6.07) is 2.60. The highest BCUT2D eigenvalue weighted by atomic mass is 14.9. The normalized spacial score (nSPS) is 11.6. The zero-order chi connectivity index (χ0) is 42.2. The fourth-order valence-electron chi connectivity index (χ4n) is 9.60. The van der Waals surface area contributed by atoms with Crippen LogP contribution in [0.4, 0.5) is 0 Å². The van der Waals surface area contributed by atoms with Gasteiger partial charge in [-0.3, -0.25) is 0 Å². The molecular formula is C58H112N+. The van der Waals surface area contributed by atoms with Gasteiger partial charge in [0.2, 0.25) is 0 Å². The van der Waals surface area contributed by atoms with Gasteiger partial charge in [-0.2, -0.15) is 0 Å². The van der Waals surface area contributed by atoms with Crippen molar-refractivity contribution >= 4 is 0 Å². The SMILES string of the molecule is CCCCCCCCCCCCCCCCCCC[n+]1cc(CCCCCCCCCCCCCCCCC)cc(CCCCCCCCCCCCCCCCC)c1. The van der Waals surface area contributed by atoms with Crippen LogP contribution in [0.2, 0.25) is 0 Å². The first-order valence-electron chi connectivity index (χ1n) is 28.3. The molecule has 0 saturated heterocycles. The first-order chi connectivity index (χ1) is 29.3. The maximum absolute atomic E-state index is 2.60. The van der Waals surface area contributed by atoms with Crippen LogP contribution in [0, 0.1) is 0 Å². The Morgan fingerprint density at radius 2 is 0.424 bits per heavy atom. The summed E-state index contributed by atoms with van der Waals surface area (Å²) in [4.78, 5) is 0. The molecule has 1 aromatic rings. The Morgan fingerprint density at radius 1 is 0.237 bits per heavy atom. The van der Waals surface area contributed by atoms with E-state index < -0.39 is 0 Å². The van der Waals surface area contributed by atoms with Crippen molar-refractivity contribution < 1.29 is 4.57 Å². The molecule has 0 aromatic carbocycles. The second-order valence-corrected chi connectivity index (χ2v) is 19.8. The van der Waals surface area contributed by atoms with Crippen LogP contribution in [-0.4, -0.2) is 0 Å². The molecule has 0 atom stereocenters. The lowest BCUT2D eigenvalue weighted by atomic mass is 10.0. The van der Waals surface area contributed by atoms with Gasteiger partial charge < -0.3 is 0 Å².